The van der Waals surface area contributed by atoms with Crippen LogP contribution in [-0.2, 0) is 16.1 Å². The van der Waals surface area contributed by atoms with E-state index in [9.17, 15) is 9.59 Å². The lowest BCUT2D eigenvalue weighted by molar-refractivity contribution is -0.129. The molecular weight excluding hydrogens is 374 g/mol. The molecule has 3 rings (SSSR count). The van der Waals surface area contributed by atoms with Gasteiger partial charge in [0.05, 0.1) is 30.8 Å². The lowest BCUT2D eigenvalue weighted by atomic mass is 10.2. The Kier molecular flexibility index (Phi) is 6.23. The average Bonchev–Trinajstić information content (AvgIpc) is 2.76. The van der Waals surface area contributed by atoms with Gasteiger partial charge < -0.3 is 19.5 Å². The van der Waals surface area contributed by atoms with Gasteiger partial charge in [0.2, 0.25) is 0 Å². The second-order valence-electron chi connectivity index (χ2n) is 6.21. The Morgan fingerprint density at radius 3 is 2.41 bits per heavy atom. The average molecular weight is 395 g/mol. The van der Waals surface area contributed by atoms with Crippen LogP contribution in [0, 0.1) is 0 Å². The molecule has 8 heteroatoms. The Hall–Kier alpha value is -3.68. The van der Waals surface area contributed by atoms with E-state index in [1.807, 2.05) is 6.07 Å². The molecule has 0 aliphatic heterocycles. The van der Waals surface area contributed by atoms with Crippen molar-refractivity contribution in [3.63, 3.8) is 0 Å². The molecule has 0 saturated carbocycles. The van der Waals surface area contributed by atoms with Gasteiger partial charge in [0, 0.05) is 18.9 Å². The van der Waals surface area contributed by atoms with Gasteiger partial charge in [-0.3, -0.25) is 14.8 Å². The number of benzene rings is 2. The molecular formula is C21H21N3O5. The third kappa shape index (κ3) is 4.78. The van der Waals surface area contributed by atoms with E-state index < -0.39 is 18.0 Å². The number of esters is 1. The maximum absolute atomic E-state index is 12.4. The zero-order chi connectivity index (χ0) is 20.8. The number of methoxy groups -OCH3 is 2. The lowest BCUT2D eigenvalue weighted by Gasteiger charge is -2.14. The molecule has 2 aromatic carbocycles. The highest BCUT2D eigenvalue weighted by molar-refractivity contribution is 5.95. The molecule has 0 aliphatic rings. The van der Waals surface area contributed by atoms with Gasteiger partial charge in [-0.2, -0.15) is 0 Å². The van der Waals surface area contributed by atoms with Crippen molar-refractivity contribution in [2.45, 2.75) is 19.6 Å². The summed E-state index contributed by atoms with van der Waals surface area (Å²) in [4.78, 5) is 33.0. The van der Waals surface area contributed by atoms with Crippen LogP contribution in [0.2, 0.25) is 0 Å². The fraction of sp³-hybridized carbons (Fsp3) is 0.238. The number of amides is 1. The Bertz CT molecular complexity index is 1040. The normalized spacial score (nSPS) is 11.6. The van der Waals surface area contributed by atoms with Crippen molar-refractivity contribution in [3.05, 3.63) is 59.9 Å². The first kappa shape index (κ1) is 20.1. The largest absolute Gasteiger partial charge is 0.493 e. The Labute approximate surface area is 167 Å². The summed E-state index contributed by atoms with van der Waals surface area (Å²) in [5, 5.41) is 2.74. The number of ether oxygens (including phenoxy) is 3. The van der Waals surface area contributed by atoms with Gasteiger partial charge in [0.15, 0.2) is 17.6 Å². The first-order valence-corrected chi connectivity index (χ1v) is 8.92. The highest BCUT2D eigenvalue weighted by Crippen LogP contribution is 2.27. The van der Waals surface area contributed by atoms with E-state index >= 15 is 0 Å². The molecule has 0 spiro atoms. The van der Waals surface area contributed by atoms with Crippen LogP contribution in [0.1, 0.15) is 22.8 Å². The van der Waals surface area contributed by atoms with E-state index in [0.29, 0.717) is 28.1 Å². The second-order valence-corrected chi connectivity index (χ2v) is 6.21. The first-order chi connectivity index (χ1) is 14.0. The van der Waals surface area contributed by atoms with Crippen LogP contribution in [-0.4, -0.2) is 42.2 Å². The number of nitrogens with one attached hydrogen (secondary N) is 1. The molecule has 0 radical (unpaired) electrons. The number of hydrogen-bond donors (Lipinski definition) is 1. The topological polar surface area (TPSA) is 99.6 Å². The molecule has 3 aromatic rings. The maximum Gasteiger partial charge on any atom is 0.338 e. The molecule has 29 heavy (non-hydrogen) atoms. The quantitative estimate of drug-likeness (QED) is 0.614. The van der Waals surface area contributed by atoms with Crippen molar-refractivity contribution < 1.29 is 23.8 Å². The van der Waals surface area contributed by atoms with Crippen LogP contribution in [0.25, 0.3) is 11.0 Å². The Morgan fingerprint density at radius 2 is 1.69 bits per heavy atom. The molecule has 150 valence electrons. The van der Waals surface area contributed by atoms with Crippen molar-refractivity contribution in [2.24, 2.45) is 0 Å². The highest BCUT2D eigenvalue weighted by atomic mass is 16.5. The minimum atomic E-state index is -0.958. The van der Waals surface area contributed by atoms with Crippen LogP contribution in [0.4, 0.5) is 0 Å². The fourth-order valence-corrected chi connectivity index (χ4v) is 2.70. The summed E-state index contributed by atoms with van der Waals surface area (Å²) in [5.74, 6) is 0.156. The highest BCUT2D eigenvalue weighted by Gasteiger charge is 2.19. The Morgan fingerprint density at radius 1 is 0.966 bits per heavy atom. The second kappa shape index (κ2) is 9.01. The van der Waals surface area contributed by atoms with E-state index in [0.717, 1.165) is 5.56 Å². The number of carbonyl (C=O) groups excluding carboxylic acids is 2. The third-order valence-electron chi connectivity index (χ3n) is 4.27. The van der Waals surface area contributed by atoms with Crippen molar-refractivity contribution in [1.29, 1.82) is 0 Å². The molecule has 8 nitrogen and oxygen atoms in total. The van der Waals surface area contributed by atoms with Crippen molar-refractivity contribution in [3.8, 4) is 11.5 Å². The number of fused-ring (bicyclic) bond motifs is 1. The molecule has 0 saturated heterocycles. The predicted octanol–water partition coefficient (Wildman–Crippen LogP) is 2.51. The van der Waals surface area contributed by atoms with Crippen LogP contribution in [0.15, 0.2) is 48.8 Å². The first-order valence-electron chi connectivity index (χ1n) is 8.92. The smallest absolute Gasteiger partial charge is 0.338 e. The number of nitrogens with zero attached hydrogens (tertiary/aromatic N) is 2. The molecule has 0 bridgehead atoms. The van der Waals surface area contributed by atoms with E-state index in [1.165, 1.54) is 6.92 Å². The predicted molar refractivity (Wildman–Crippen MR) is 106 cm³/mol. The minimum Gasteiger partial charge on any atom is -0.493 e. The fourth-order valence-electron chi connectivity index (χ4n) is 2.70. The van der Waals surface area contributed by atoms with Crippen LogP contribution in [0.5, 0.6) is 11.5 Å². The summed E-state index contributed by atoms with van der Waals surface area (Å²) in [6, 6.07) is 10.2. The van der Waals surface area contributed by atoms with Crippen molar-refractivity contribution in [1.82, 2.24) is 15.3 Å². The van der Waals surface area contributed by atoms with Gasteiger partial charge in [-0.1, -0.05) is 6.07 Å². The molecule has 1 heterocycles. The van der Waals surface area contributed by atoms with E-state index in [1.54, 1.807) is 56.9 Å². The molecule has 0 unspecified atom stereocenters. The van der Waals surface area contributed by atoms with Gasteiger partial charge in [-0.15, -0.1) is 0 Å². The summed E-state index contributed by atoms with van der Waals surface area (Å²) >= 11 is 0. The van der Waals surface area contributed by atoms with Gasteiger partial charge in [-0.25, -0.2) is 4.79 Å². The summed E-state index contributed by atoms with van der Waals surface area (Å²) in [6.45, 7) is 1.77. The van der Waals surface area contributed by atoms with Crippen molar-refractivity contribution >= 4 is 22.9 Å². The molecule has 0 fully saturated rings. The monoisotopic (exact) mass is 395 g/mol. The lowest BCUT2D eigenvalue weighted by Crippen LogP contribution is -2.35. The molecule has 1 atom stereocenters. The van der Waals surface area contributed by atoms with Gasteiger partial charge in [0.1, 0.15) is 0 Å². The summed E-state index contributed by atoms with van der Waals surface area (Å²) in [5.41, 5.74) is 2.37. The van der Waals surface area contributed by atoms with E-state index in [2.05, 4.69) is 15.3 Å². The molecule has 0 aliphatic carbocycles. The summed E-state index contributed by atoms with van der Waals surface area (Å²) < 4.78 is 15.7. The van der Waals surface area contributed by atoms with Crippen molar-refractivity contribution in [2.75, 3.05) is 14.2 Å². The van der Waals surface area contributed by atoms with Crippen LogP contribution in [0.3, 0.4) is 0 Å². The maximum atomic E-state index is 12.4. The van der Waals surface area contributed by atoms with Gasteiger partial charge in [-0.05, 0) is 42.8 Å². The SMILES string of the molecule is COc1ccc(CNC(=O)[C@H](C)OC(=O)c2ccc3nccnc3c2)cc1OC. The number of carbonyl (C=O) groups is 2. The number of hydrogen-bond acceptors (Lipinski definition) is 7. The standard InChI is InChI=1S/C21H21N3O5/c1-13(20(25)24-12-14-4-7-18(27-2)19(10-14)28-3)29-21(26)15-5-6-16-17(11-15)23-9-8-22-16/h4-11,13H,12H2,1-3H3,(H,24,25)/t13-/m0/s1. The third-order valence-corrected chi connectivity index (χ3v) is 4.27. The van der Waals surface area contributed by atoms with E-state index in [4.69, 9.17) is 14.2 Å². The number of rotatable bonds is 7. The molecule has 1 aromatic heterocycles. The van der Waals surface area contributed by atoms with Crippen LogP contribution >= 0.6 is 0 Å². The molecule has 1 N–H and O–H groups in total. The molecule has 1 amide bonds. The van der Waals surface area contributed by atoms with Gasteiger partial charge in [0.25, 0.3) is 5.91 Å². The number of aromatic nitrogens is 2. The Balaban J connectivity index is 1.59. The summed E-state index contributed by atoms with van der Waals surface area (Å²) in [6.07, 6.45) is 2.16. The summed E-state index contributed by atoms with van der Waals surface area (Å²) in [7, 11) is 3.09. The minimum absolute atomic E-state index is 0.257. The van der Waals surface area contributed by atoms with Crippen LogP contribution < -0.4 is 14.8 Å². The zero-order valence-corrected chi connectivity index (χ0v) is 16.3. The van der Waals surface area contributed by atoms with E-state index in [-0.39, 0.29) is 6.54 Å². The zero-order valence-electron chi connectivity index (χ0n) is 16.3. The van der Waals surface area contributed by atoms with Gasteiger partial charge >= 0.3 is 5.97 Å².